The lowest BCUT2D eigenvalue weighted by molar-refractivity contribution is 0.0996. The molecule has 94 valence electrons. The summed E-state index contributed by atoms with van der Waals surface area (Å²) in [6.07, 6.45) is 1.45. The van der Waals surface area contributed by atoms with Crippen molar-refractivity contribution in [2.75, 3.05) is 12.4 Å². The average molecular weight is 266 g/mol. The molecule has 0 bridgehead atoms. The molecule has 1 heterocycles. The van der Waals surface area contributed by atoms with Gasteiger partial charge in [0.15, 0.2) is 5.76 Å². The lowest BCUT2D eigenvalue weighted by atomic mass is 10.2. The number of carbonyl (C=O) groups excluding carboxylic acids is 1. The van der Waals surface area contributed by atoms with E-state index in [2.05, 4.69) is 5.32 Å². The fourth-order valence-electron chi connectivity index (χ4n) is 1.54. The van der Waals surface area contributed by atoms with Gasteiger partial charge in [-0.15, -0.1) is 0 Å². The van der Waals surface area contributed by atoms with Crippen molar-refractivity contribution in [2.45, 2.75) is 6.92 Å². The van der Waals surface area contributed by atoms with Crippen LogP contribution < -0.4 is 10.1 Å². The molecule has 2 aromatic rings. The van der Waals surface area contributed by atoms with Gasteiger partial charge in [0.05, 0.1) is 18.4 Å². The Hall–Kier alpha value is -1.94. The minimum absolute atomic E-state index is 0.251. The number of rotatable bonds is 3. The Kier molecular flexibility index (Phi) is 3.58. The van der Waals surface area contributed by atoms with Crippen LogP contribution in [0.5, 0.6) is 5.75 Å². The van der Waals surface area contributed by atoms with E-state index in [1.807, 2.05) is 6.92 Å². The van der Waals surface area contributed by atoms with Crippen molar-refractivity contribution in [2.24, 2.45) is 0 Å². The molecule has 0 radical (unpaired) electrons. The summed E-state index contributed by atoms with van der Waals surface area (Å²) in [6.45, 7) is 1.86. The van der Waals surface area contributed by atoms with Gasteiger partial charge >= 0.3 is 0 Å². The number of hydrogen-bond acceptors (Lipinski definition) is 3. The number of nitrogens with one attached hydrogen (secondary N) is 1. The normalized spacial score (nSPS) is 10.2. The maximum absolute atomic E-state index is 11.8. The summed E-state index contributed by atoms with van der Waals surface area (Å²) >= 11 is 6.01. The smallest absolute Gasteiger partial charge is 0.291 e. The maximum atomic E-state index is 11.8. The number of amides is 1. The molecule has 0 aliphatic rings. The van der Waals surface area contributed by atoms with E-state index in [0.29, 0.717) is 16.5 Å². The van der Waals surface area contributed by atoms with Gasteiger partial charge in [-0.2, -0.15) is 0 Å². The Morgan fingerprint density at radius 2 is 2.22 bits per heavy atom. The minimum atomic E-state index is -0.315. The summed E-state index contributed by atoms with van der Waals surface area (Å²) in [6, 6.07) is 6.66. The van der Waals surface area contributed by atoms with E-state index >= 15 is 0 Å². The number of hydrogen-bond donors (Lipinski definition) is 1. The van der Waals surface area contributed by atoms with Crippen molar-refractivity contribution in [1.82, 2.24) is 0 Å². The number of ether oxygens (including phenoxy) is 1. The van der Waals surface area contributed by atoms with Crippen LogP contribution in [0.4, 0.5) is 5.69 Å². The van der Waals surface area contributed by atoms with Crippen molar-refractivity contribution in [3.63, 3.8) is 0 Å². The van der Waals surface area contributed by atoms with Crippen LogP contribution >= 0.6 is 11.6 Å². The molecular weight excluding hydrogens is 254 g/mol. The Labute approximate surface area is 110 Å². The predicted molar refractivity (Wildman–Crippen MR) is 69.4 cm³/mol. The first-order valence-corrected chi connectivity index (χ1v) is 5.68. The second-order valence-electron chi connectivity index (χ2n) is 3.73. The molecule has 0 unspecified atom stereocenters. The van der Waals surface area contributed by atoms with Gasteiger partial charge in [-0.25, -0.2) is 0 Å². The van der Waals surface area contributed by atoms with Gasteiger partial charge in [-0.1, -0.05) is 11.6 Å². The molecule has 0 aliphatic heterocycles. The molecule has 0 aliphatic carbocycles. The molecule has 0 saturated heterocycles. The van der Waals surface area contributed by atoms with E-state index in [1.54, 1.807) is 31.4 Å². The van der Waals surface area contributed by atoms with Crippen LogP contribution in [0, 0.1) is 6.92 Å². The summed E-state index contributed by atoms with van der Waals surface area (Å²) in [7, 11) is 1.54. The van der Waals surface area contributed by atoms with Gasteiger partial charge in [-0.3, -0.25) is 4.79 Å². The Bertz CT molecular complexity index is 564. The molecule has 0 spiro atoms. The van der Waals surface area contributed by atoms with Crippen LogP contribution in [0.15, 0.2) is 34.9 Å². The third-order valence-corrected chi connectivity index (χ3v) is 2.79. The van der Waals surface area contributed by atoms with Crippen LogP contribution in [-0.2, 0) is 0 Å². The summed E-state index contributed by atoms with van der Waals surface area (Å²) < 4.78 is 10.1. The SMILES string of the molecule is COc1cc(C)c(NC(=O)c2ccco2)cc1Cl. The second kappa shape index (κ2) is 5.14. The second-order valence-corrected chi connectivity index (χ2v) is 4.14. The molecule has 18 heavy (non-hydrogen) atoms. The maximum Gasteiger partial charge on any atom is 0.291 e. The highest BCUT2D eigenvalue weighted by Gasteiger charge is 2.12. The van der Waals surface area contributed by atoms with Gasteiger partial charge in [0.1, 0.15) is 5.75 Å². The van der Waals surface area contributed by atoms with Gasteiger partial charge in [0, 0.05) is 5.69 Å². The lowest BCUT2D eigenvalue weighted by Gasteiger charge is -2.10. The summed E-state index contributed by atoms with van der Waals surface area (Å²) in [4.78, 5) is 11.8. The van der Waals surface area contributed by atoms with E-state index in [1.165, 1.54) is 6.26 Å². The molecule has 1 aromatic carbocycles. The number of methoxy groups -OCH3 is 1. The number of benzene rings is 1. The number of aryl methyl sites for hydroxylation is 1. The highest BCUT2D eigenvalue weighted by Crippen LogP contribution is 2.30. The molecule has 5 heteroatoms. The number of anilines is 1. The lowest BCUT2D eigenvalue weighted by Crippen LogP contribution is -2.11. The molecule has 0 fully saturated rings. The molecule has 2 rings (SSSR count). The van der Waals surface area contributed by atoms with E-state index in [-0.39, 0.29) is 11.7 Å². The van der Waals surface area contributed by atoms with Crippen molar-refractivity contribution < 1.29 is 13.9 Å². The van der Waals surface area contributed by atoms with Gasteiger partial charge in [0.2, 0.25) is 0 Å². The Balaban J connectivity index is 2.24. The van der Waals surface area contributed by atoms with Crippen LogP contribution in [-0.4, -0.2) is 13.0 Å². The topological polar surface area (TPSA) is 51.5 Å². The van der Waals surface area contributed by atoms with Gasteiger partial charge in [0.25, 0.3) is 5.91 Å². The summed E-state index contributed by atoms with van der Waals surface area (Å²) in [5, 5.41) is 3.17. The monoisotopic (exact) mass is 265 g/mol. The average Bonchev–Trinajstić information content (AvgIpc) is 2.87. The van der Waals surface area contributed by atoms with E-state index in [9.17, 15) is 4.79 Å². The van der Waals surface area contributed by atoms with Gasteiger partial charge < -0.3 is 14.5 Å². The van der Waals surface area contributed by atoms with Crippen molar-refractivity contribution in [3.8, 4) is 5.75 Å². The molecular formula is C13H12ClNO3. The zero-order valence-corrected chi connectivity index (χ0v) is 10.7. The first-order valence-electron chi connectivity index (χ1n) is 5.31. The molecule has 4 nitrogen and oxygen atoms in total. The number of carbonyl (C=O) groups is 1. The third kappa shape index (κ3) is 2.49. The predicted octanol–water partition coefficient (Wildman–Crippen LogP) is 3.50. The van der Waals surface area contributed by atoms with E-state index in [4.69, 9.17) is 20.8 Å². The van der Waals surface area contributed by atoms with Crippen LogP contribution in [0.2, 0.25) is 5.02 Å². The summed E-state index contributed by atoms with van der Waals surface area (Å²) in [5.74, 6) is 0.510. The highest BCUT2D eigenvalue weighted by atomic mass is 35.5. The number of furan rings is 1. The van der Waals surface area contributed by atoms with Crippen molar-refractivity contribution in [3.05, 3.63) is 46.9 Å². The van der Waals surface area contributed by atoms with E-state index in [0.717, 1.165) is 5.56 Å². The Morgan fingerprint density at radius 1 is 1.44 bits per heavy atom. The number of halogens is 1. The zero-order chi connectivity index (χ0) is 13.1. The Morgan fingerprint density at radius 3 is 2.83 bits per heavy atom. The molecule has 0 atom stereocenters. The van der Waals surface area contributed by atoms with Gasteiger partial charge in [-0.05, 0) is 36.8 Å². The first-order chi connectivity index (χ1) is 8.61. The zero-order valence-electron chi connectivity index (χ0n) is 9.99. The highest BCUT2D eigenvalue weighted by molar-refractivity contribution is 6.32. The quantitative estimate of drug-likeness (QED) is 0.924. The fourth-order valence-corrected chi connectivity index (χ4v) is 1.78. The summed E-state index contributed by atoms with van der Waals surface area (Å²) in [5.41, 5.74) is 1.48. The molecule has 1 amide bonds. The molecule has 0 saturated carbocycles. The van der Waals surface area contributed by atoms with Crippen molar-refractivity contribution >= 4 is 23.2 Å². The molecule has 1 aromatic heterocycles. The largest absolute Gasteiger partial charge is 0.495 e. The van der Waals surface area contributed by atoms with Crippen molar-refractivity contribution in [1.29, 1.82) is 0 Å². The third-order valence-electron chi connectivity index (χ3n) is 2.49. The fraction of sp³-hybridized carbons (Fsp3) is 0.154. The van der Waals surface area contributed by atoms with E-state index < -0.39 is 0 Å². The van der Waals surface area contributed by atoms with Crippen LogP contribution in [0.25, 0.3) is 0 Å². The molecule has 1 N–H and O–H groups in total. The van der Waals surface area contributed by atoms with Crippen LogP contribution in [0.1, 0.15) is 16.1 Å². The van der Waals surface area contributed by atoms with Crippen LogP contribution in [0.3, 0.4) is 0 Å². The standard InChI is InChI=1S/C13H12ClNO3/c1-8-6-12(17-2)9(14)7-10(8)15-13(16)11-4-3-5-18-11/h3-7H,1-2H3,(H,15,16). The minimum Gasteiger partial charge on any atom is -0.495 e. The first kappa shape index (κ1) is 12.5.